The average Bonchev–Trinajstić information content (AvgIpc) is 3.16. The number of unbranched alkanes of at least 4 members (excludes halogenated alkanes) is 2. The Hall–Kier alpha value is -2.18. The molecule has 3 aromatic carbocycles. The van der Waals surface area contributed by atoms with E-state index in [9.17, 15) is 0 Å². The van der Waals surface area contributed by atoms with Crippen LogP contribution >= 0.6 is 11.3 Å². The van der Waals surface area contributed by atoms with Gasteiger partial charge in [0.2, 0.25) is 5.52 Å². The largest absolute Gasteiger partial charge is 1.00 e. The minimum absolute atomic E-state index is 0. The predicted molar refractivity (Wildman–Crippen MR) is 136 cm³/mol. The van der Waals surface area contributed by atoms with Crippen LogP contribution < -0.4 is 33.4 Å². The third kappa shape index (κ3) is 6.42. The van der Waals surface area contributed by atoms with Gasteiger partial charge < -0.3 is 28.9 Å². The molecule has 4 heteroatoms. The second-order valence-electron chi connectivity index (χ2n) is 8.18. The first kappa shape index (κ1) is 24.5. The molecule has 0 aliphatic rings. The molecule has 0 unspecified atom stereocenters. The monoisotopic (exact) mass is 554 g/mol. The van der Waals surface area contributed by atoms with Gasteiger partial charge in [-0.15, -0.1) is 0 Å². The first-order valence-corrected chi connectivity index (χ1v) is 11.9. The van der Waals surface area contributed by atoms with E-state index in [-0.39, 0.29) is 24.0 Å². The molecule has 0 N–H and O–H groups in total. The van der Waals surface area contributed by atoms with Crippen LogP contribution in [-0.4, -0.2) is 14.1 Å². The number of anilines is 1. The fourth-order valence-corrected chi connectivity index (χ4v) is 4.97. The highest BCUT2D eigenvalue weighted by molar-refractivity contribution is 7.18. The summed E-state index contributed by atoms with van der Waals surface area (Å²) in [5, 5.41) is 1.32. The molecule has 0 saturated carbocycles. The van der Waals surface area contributed by atoms with E-state index in [2.05, 4.69) is 115 Å². The van der Waals surface area contributed by atoms with Gasteiger partial charge in [-0.3, -0.25) is 0 Å². The second-order valence-corrected chi connectivity index (χ2v) is 9.24. The lowest BCUT2D eigenvalue weighted by atomic mass is 10.1. The fraction of sp³-hybridized carbons (Fsp3) is 0.250. The number of benzene rings is 3. The standard InChI is InChI=1S/C28H31N2S.HI/c1-29(2)25-19-16-24(17-20-25)18-21-28-30(26-14-8-9-15-27(26)31-28)22-10-4-7-13-23-11-5-3-6-12-23;/h3,5-6,8-9,11-12,14-21H,4,7,10,13,22H2,1-2H3;1H/q+1;/p-1. The summed E-state index contributed by atoms with van der Waals surface area (Å²) in [5.41, 5.74) is 5.25. The smallest absolute Gasteiger partial charge is 0.262 e. The van der Waals surface area contributed by atoms with Gasteiger partial charge in [-0.05, 0) is 54.7 Å². The average molecular weight is 555 g/mol. The van der Waals surface area contributed by atoms with Crippen LogP contribution in [0.25, 0.3) is 22.4 Å². The van der Waals surface area contributed by atoms with Gasteiger partial charge in [-0.1, -0.05) is 65.9 Å². The van der Waals surface area contributed by atoms with Gasteiger partial charge in [-0.2, -0.15) is 4.57 Å². The van der Waals surface area contributed by atoms with Gasteiger partial charge in [0.25, 0.3) is 5.01 Å². The lowest BCUT2D eigenvalue weighted by Crippen LogP contribution is -3.00. The van der Waals surface area contributed by atoms with E-state index in [1.807, 2.05) is 11.3 Å². The molecule has 4 rings (SSSR count). The third-order valence-electron chi connectivity index (χ3n) is 5.65. The van der Waals surface area contributed by atoms with Gasteiger partial charge >= 0.3 is 0 Å². The molecular weight excluding hydrogens is 523 g/mol. The van der Waals surface area contributed by atoms with Gasteiger partial charge in [-0.25, -0.2) is 0 Å². The molecule has 0 amide bonds. The van der Waals surface area contributed by atoms with Crippen molar-refractivity contribution in [2.45, 2.75) is 32.2 Å². The zero-order valence-electron chi connectivity index (χ0n) is 18.9. The van der Waals surface area contributed by atoms with Crippen LogP contribution in [0.2, 0.25) is 0 Å². The fourth-order valence-electron chi connectivity index (χ4n) is 3.88. The Kier molecular flexibility index (Phi) is 9.30. The van der Waals surface area contributed by atoms with E-state index >= 15 is 0 Å². The molecule has 0 bridgehead atoms. The lowest BCUT2D eigenvalue weighted by Gasteiger charge is -2.11. The molecule has 1 aromatic heterocycles. The summed E-state index contributed by atoms with van der Waals surface area (Å²) in [5.74, 6) is 0. The van der Waals surface area contributed by atoms with Crippen LogP contribution in [0, 0.1) is 0 Å². The third-order valence-corrected chi connectivity index (χ3v) is 6.79. The van der Waals surface area contributed by atoms with Gasteiger partial charge in [0.1, 0.15) is 4.70 Å². The van der Waals surface area contributed by atoms with E-state index in [1.165, 1.54) is 57.7 Å². The summed E-state index contributed by atoms with van der Waals surface area (Å²) in [6, 6.07) is 28.3. The van der Waals surface area contributed by atoms with E-state index in [0.717, 1.165) is 6.54 Å². The zero-order chi connectivity index (χ0) is 21.5. The number of aromatic nitrogens is 1. The molecular formula is C28H31IN2S. The van der Waals surface area contributed by atoms with Crippen molar-refractivity contribution in [1.82, 2.24) is 0 Å². The van der Waals surface area contributed by atoms with Crippen LogP contribution in [0.3, 0.4) is 0 Å². The highest BCUT2D eigenvalue weighted by atomic mass is 127. The number of para-hydroxylation sites is 1. The Morgan fingerprint density at radius 2 is 1.50 bits per heavy atom. The summed E-state index contributed by atoms with van der Waals surface area (Å²) >= 11 is 1.88. The molecule has 166 valence electrons. The first-order valence-electron chi connectivity index (χ1n) is 11.1. The van der Waals surface area contributed by atoms with E-state index in [4.69, 9.17) is 0 Å². The van der Waals surface area contributed by atoms with Crippen LogP contribution in [0.1, 0.15) is 35.4 Å². The van der Waals surface area contributed by atoms with Crippen LogP contribution in [0.4, 0.5) is 5.69 Å². The molecule has 0 radical (unpaired) electrons. The molecule has 0 aliphatic heterocycles. The van der Waals surface area contributed by atoms with Crippen molar-refractivity contribution in [2.24, 2.45) is 0 Å². The Morgan fingerprint density at radius 1 is 0.781 bits per heavy atom. The van der Waals surface area contributed by atoms with Crippen molar-refractivity contribution in [3.8, 4) is 0 Å². The molecule has 2 nitrogen and oxygen atoms in total. The molecule has 0 saturated heterocycles. The van der Waals surface area contributed by atoms with Crippen molar-refractivity contribution < 1.29 is 28.5 Å². The van der Waals surface area contributed by atoms with Crippen molar-refractivity contribution in [3.63, 3.8) is 0 Å². The topological polar surface area (TPSA) is 7.12 Å². The van der Waals surface area contributed by atoms with Gasteiger partial charge in [0.15, 0.2) is 6.54 Å². The molecule has 0 spiro atoms. The highest BCUT2D eigenvalue weighted by Crippen LogP contribution is 2.23. The summed E-state index contributed by atoms with van der Waals surface area (Å²) in [7, 11) is 4.15. The SMILES string of the molecule is CN(C)c1ccc(/C=C/c2sc3ccccc3[n+]2CCCCCc2ccccc2)cc1.[I-]. The van der Waals surface area contributed by atoms with Crippen molar-refractivity contribution in [2.75, 3.05) is 19.0 Å². The first-order chi connectivity index (χ1) is 15.2. The Morgan fingerprint density at radius 3 is 2.25 bits per heavy atom. The normalized spacial score (nSPS) is 11.1. The maximum atomic E-state index is 2.49. The summed E-state index contributed by atoms with van der Waals surface area (Å²) < 4.78 is 3.85. The number of halogens is 1. The minimum atomic E-state index is 0. The van der Waals surface area contributed by atoms with Gasteiger partial charge in [0.05, 0.1) is 0 Å². The number of aryl methyl sites for hydroxylation is 2. The maximum Gasteiger partial charge on any atom is 0.262 e. The predicted octanol–water partition coefficient (Wildman–Crippen LogP) is 3.84. The molecule has 32 heavy (non-hydrogen) atoms. The number of hydrogen-bond acceptors (Lipinski definition) is 2. The Labute approximate surface area is 213 Å². The zero-order valence-corrected chi connectivity index (χ0v) is 21.9. The van der Waals surface area contributed by atoms with Crippen LogP contribution in [0.5, 0.6) is 0 Å². The molecule has 1 heterocycles. The van der Waals surface area contributed by atoms with E-state index in [1.54, 1.807) is 0 Å². The Balaban J connectivity index is 0.00000289. The summed E-state index contributed by atoms with van der Waals surface area (Å²) in [6.45, 7) is 1.07. The minimum Gasteiger partial charge on any atom is -1.00 e. The number of thiazole rings is 1. The van der Waals surface area contributed by atoms with Crippen molar-refractivity contribution in [3.05, 3.63) is 95.0 Å². The van der Waals surface area contributed by atoms with Gasteiger partial charge in [0, 0.05) is 38.3 Å². The van der Waals surface area contributed by atoms with E-state index < -0.39 is 0 Å². The molecule has 4 aromatic rings. The van der Waals surface area contributed by atoms with Crippen molar-refractivity contribution in [1.29, 1.82) is 0 Å². The molecule has 0 aliphatic carbocycles. The second kappa shape index (κ2) is 12.2. The molecule has 0 fully saturated rings. The quantitative estimate of drug-likeness (QED) is 0.173. The summed E-state index contributed by atoms with van der Waals surface area (Å²) in [6.07, 6.45) is 9.38. The molecule has 0 atom stereocenters. The number of fused-ring (bicyclic) bond motifs is 1. The van der Waals surface area contributed by atoms with E-state index in [0.29, 0.717) is 0 Å². The number of rotatable bonds is 9. The summed E-state index contributed by atoms with van der Waals surface area (Å²) in [4.78, 5) is 2.13. The van der Waals surface area contributed by atoms with Crippen molar-refractivity contribution >= 4 is 39.4 Å². The number of hydrogen-bond donors (Lipinski definition) is 0. The highest BCUT2D eigenvalue weighted by Gasteiger charge is 2.17. The maximum absolute atomic E-state index is 2.49. The lowest BCUT2D eigenvalue weighted by molar-refractivity contribution is -0.669. The van der Waals surface area contributed by atoms with Crippen LogP contribution in [0.15, 0.2) is 78.9 Å². The Bertz CT molecular complexity index is 1130. The number of nitrogens with zero attached hydrogens (tertiary/aromatic N) is 2. The van der Waals surface area contributed by atoms with Crippen LogP contribution in [-0.2, 0) is 13.0 Å².